The molecule has 0 aliphatic rings. The maximum Gasteiger partial charge on any atom is 0.227 e. The molecule has 3 aromatic rings. The van der Waals surface area contributed by atoms with Crippen LogP contribution in [-0.2, 0) is 11.2 Å². The first-order valence-corrected chi connectivity index (χ1v) is 8.21. The van der Waals surface area contributed by atoms with Crippen molar-refractivity contribution in [1.29, 1.82) is 0 Å². The van der Waals surface area contributed by atoms with Gasteiger partial charge in [0.05, 0.1) is 5.69 Å². The Morgan fingerprint density at radius 3 is 2.92 bits per heavy atom. The summed E-state index contributed by atoms with van der Waals surface area (Å²) in [5, 5.41) is 6.74. The summed E-state index contributed by atoms with van der Waals surface area (Å²) in [6.07, 6.45) is 2.29. The number of halogens is 1. The summed E-state index contributed by atoms with van der Waals surface area (Å²) in [5.74, 6) is 0.721. The number of aryl methyl sites for hydroxylation is 2. The molecule has 24 heavy (non-hydrogen) atoms. The highest BCUT2D eigenvalue weighted by molar-refractivity contribution is 9.10. The van der Waals surface area contributed by atoms with Gasteiger partial charge in [0, 0.05) is 23.5 Å². The van der Waals surface area contributed by atoms with E-state index in [0.717, 1.165) is 15.7 Å². The van der Waals surface area contributed by atoms with E-state index in [-0.39, 0.29) is 12.3 Å². The number of rotatable bonds is 5. The van der Waals surface area contributed by atoms with Crippen molar-refractivity contribution in [1.82, 2.24) is 15.1 Å². The molecule has 1 aromatic carbocycles. The molecule has 1 amide bonds. The maximum atomic E-state index is 12.1. The Labute approximate surface area is 147 Å². The fraction of sp³-hybridized carbons (Fsp3) is 0.176. The van der Waals surface area contributed by atoms with Crippen molar-refractivity contribution in [2.24, 2.45) is 0 Å². The van der Waals surface area contributed by atoms with Gasteiger partial charge in [0.2, 0.25) is 17.6 Å². The second kappa shape index (κ2) is 7.35. The zero-order valence-corrected chi connectivity index (χ0v) is 14.6. The summed E-state index contributed by atoms with van der Waals surface area (Å²) >= 11 is 3.44. The summed E-state index contributed by atoms with van der Waals surface area (Å²) in [6.45, 7) is 1.99. The Kier molecular flexibility index (Phi) is 5.00. The first-order valence-electron chi connectivity index (χ1n) is 7.42. The molecular weight excluding hydrogens is 372 g/mol. The van der Waals surface area contributed by atoms with Crippen LogP contribution in [0.4, 0.5) is 5.69 Å². The average molecular weight is 387 g/mol. The molecule has 122 valence electrons. The van der Waals surface area contributed by atoms with Gasteiger partial charge in [-0.3, -0.25) is 9.78 Å². The van der Waals surface area contributed by atoms with Crippen molar-refractivity contribution in [3.8, 4) is 11.5 Å². The number of hydrogen-bond acceptors (Lipinski definition) is 5. The van der Waals surface area contributed by atoms with Crippen LogP contribution in [0.2, 0.25) is 0 Å². The molecule has 0 saturated heterocycles. The summed E-state index contributed by atoms with van der Waals surface area (Å²) in [6, 6.07) is 11.2. The Hall–Kier alpha value is -2.54. The molecule has 1 N–H and O–H groups in total. The molecule has 0 spiro atoms. The Morgan fingerprint density at radius 1 is 1.29 bits per heavy atom. The highest BCUT2D eigenvalue weighted by Gasteiger charge is 2.12. The monoisotopic (exact) mass is 386 g/mol. The molecule has 0 aliphatic carbocycles. The van der Waals surface area contributed by atoms with Crippen LogP contribution in [0.15, 0.2) is 51.6 Å². The maximum absolute atomic E-state index is 12.1. The van der Waals surface area contributed by atoms with Crippen LogP contribution in [0.1, 0.15) is 17.9 Å². The number of nitrogens with one attached hydrogen (secondary N) is 1. The minimum Gasteiger partial charge on any atom is -0.339 e. The topological polar surface area (TPSA) is 80.9 Å². The number of amides is 1. The van der Waals surface area contributed by atoms with Gasteiger partial charge < -0.3 is 9.84 Å². The van der Waals surface area contributed by atoms with Gasteiger partial charge in [0.25, 0.3) is 0 Å². The molecule has 0 bridgehead atoms. The number of hydrogen-bond donors (Lipinski definition) is 1. The molecule has 0 saturated carbocycles. The lowest BCUT2D eigenvalue weighted by molar-refractivity contribution is -0.116. The number of nitrogens with zero attached hydrogens (tertiary/aromatic N) is 3. The number of pyridine rings is 1. The van der Waals surface area contributed by atoms with E-state index in [1.54, 1.807) is 12.3 Å². The first-order chi connectivity index (χ1) is 11.6. The smallest absolute Gasteiger partial charge is 0.227 e. The van der Waals surface area contributed by atoms with Crippen molar-refractivity contribution in [2.75, 3.05) is 5.32 Å². The van der Waals surface area contributed by atoms with Crippen LogP contribution in [0.25, 0.3) is 11.5 Å². The molecule has 0 fully saturated rings. The van der Waals surface area contributed by atoms with Crippen LogP contribution >= 0.6 is 15.9 Å². The molecular formula is C17H15BrN4O2. The molecule has 2 aromatic heterocycles. The zero-order valence-electron chi connectivity index (χ0n) is 13.0. The largest absolute Gasteiger partial charge is 0.339 e. The molecule has 2 heterocycles. The van der Waals surface area contributed by atoms with Gasteiger partial charge in [-0.15, -0.1) is 0 Å². The van der Waals surface area contributed by atoms with Gasteiger partial charge in [0.1, 0.15) is 5.69 Å². The summed E-state index contributed by atoms with van der Waals surface area (Å²) in [7, 11) is 0. The molecule has 3 rings (SSSR count). The van der Waals surface area contributed by atoms with Crippen LogP contribution in [0.3, 0.4) is 0 Å². The van der Waals surface area contributed by atoms with Crippen molar-refractivity contribution in [3.05, 3.63) is 58.5 Å². The molecule has 7 heteroatoms. The van der Waals surface area contributed by atoms with Crippen LogP contribution < -0.4 is 5.32 Å². The first kappa shape index (κ1) is 16.3. The van der Waals surface area contributed by atoms with Crippen molar-refractivity contribution >= 4 is 27.5 Å². The fourth-order valence-electron chi connectivity index (χ4n) is 2.11. The molecule has 0 unspecified atom stereocenters. The van der Waals surface area contributed by atoms with Gasteiger partial charge >= 0.3 is 0 Å². The summed E-state index contributed by atoms with van der Waals surface area (Å²) in [4.78, 5) is 20.5. The summed E-state index contributed by atoms with van der Waals surface area (Å²) in [5.41, 5.74) is 2.50. The lowest BCUT2D eigenvalue weighted by atomic mass is 10.2. The lowest BCUT2D eigenvalue weighted by Gasteiger charge is -2.07. The van der Waals surface area contributed by atoms with E-state index in [1.807, 2.05) is 37.3 Å². The molecule has 0 atom stereocenters. The van der Waals surface area contributed by atoms with Gasteiger partial charge in [-0.2, -0.15) is 4.98 Å². The minimum atomic E-state index is -0.114. The average Bonchev–Trinajstić information content (AvgIpc) is 3.05. The predicted octanol–water partition coefficient (Wildman–Crippen LogP) is 3.77. The number of aromatic nitrogens is 3. The summed E-state index contributed by atoms with van der Waals surface area (Å²) < 4.78 is 6.02. The van der Waals surface area contributed by atoms with E-state index < -0.39 is 0 Å². The number of anilines is 1. The fourth-order valence-corrected chi connectivity index (χ4v) is 2.70. The highest BCUT2D eigenvalue weighted by Crippen LogP contribution is 2.23. The highest BCUT2D eigenvalue weighted by atomic mass is 79.9. The molecule has 0 aliphatic heterocycles. The van der Waals surface area contributed by atoms with Gasteiger partial charge in [0.15, 0.2) is 0 Å². The minimum absolute atomic E-state index is 0.114. The standard InChI is InChI=1S/C17H15BrN4O2/c1-11-5-6-13(12(18)10-11)20-15(23)7-8-16-21-17(22-24-16)14-4-2-3-9-19-14/h2-6,9-10H,7-8H2,1H3,(H,20,23). The number of carbonyl (C=O) groups is 1. The van der Waals surface area contributed by atoms with Gasteiger partial charge in [-0.05, 0) is 52.7 Å². The van der Waals surface area contributed by atoms with Crippen molar-refractivity contribution < 1.29 is 9.32 Å². The van der Waals surface area contributed by atoms with E-state index in [1.165, 1.54) is 0 Å². The predicted molar refractivity (Wildman–Crippen MR) is 93.4 cm³/mol. The van der Waals surface area contributed by atoms with Gasteiger partial charge in [-0.25, -0.2) is 0 Å². The Bertz CT molecular complexity index is 849. The van der Waals surface area contributed by atoms with E-state index in [2.05, 4.69) is 36.4 Å². The number of carbonyl (C=O) groups excluding carboxylic acids is 1. The second-order valence-electron chi connectivity index (χ2n) is 5.26. The van der Waals surface area contributed by atoms with Crippen LogP contribution in [0, 0.1) is 6.92 Å². The zero-order chi connectivity index (χ0) is 16.9. The third-order valence-electron chi connectivity index (χ3n) is 3.33. The van der Waals surface area contributed by atoms with E-state index in [0.29, 0.717) is 23.8 Å². The van der Waals surface area contributed by atoms with Crippen molar-refractivity contribution in [3.63, 3.8) is 0 Å². The molecule has 6 nitrogen and oxygen atoms in total. The van der Waals surface area contributed by atoms with Crippen molar-refractivity contribution in [2.45, 2.75) is 19.8 Å². The third-order valence-corrected chi connectivity index (χ3v) is 3.98. The molecule has 0 radical (unpaired) electrons. The van der Waals surface area contributed by atoms with Crippen LogP contribution in [-0.4, -0.2) is 21.0 Å². The second-order valence-corrected chi connectivity index (χ2v) is 6.11. The van der Waals surface area contributed by atoms with Crippen LogP contribution in [0.5, 0.6) is 0 Å². The van der Waals surface area contributed by atoms with E-state index >= 15 is 0 Å². The number of benzene rings is 1. The third kappa shape index (κ3) is 4.05. The van der Waals surface area contributed by atoms with E-state index in [4.69, 9.17) is 4.52 Å². The SMILES string of the molecule is Cc1ccc(NC(=O)CCc2nc(-c3ccccn3)no2)c(Br)c1. The Morgan fingerprint density at radius 2 is 2.17 bits per heavy atom. The normalized spacial score (nSPS) is 10.6. The van der Waals surface area contributed by atoms with Gasteiger partial charge in [-0.1, -0.05) is 17.3 Å². The quantitative estimate of drug-likeness (QED) is 0.721. The lowest BCUT2D eigenvalue weighted by Crippen LogP contribution is -2.12. The Balaban J connectivity index is 1.58. The van der Waals surface area contributed by atoms with E-state index in [9.17, 15) is 4.79 Å².